The molecule has 7 heteroatoms. The highest BCUT2D eigenvalue weighted by Gasteiger charge is 2.29. The minimum atomic E-state index is 0.0841. The lowest BCUT2D eigenvalue weighted by atomic mass is 10.2. The van der Waals surface area contributed by atoms with Crippen LogP contribution in [0.4, 0.5) is 11.4 Å². The molecule has 0 spiro atoms. The van der Waals surface area contributed by atoms with Crippen molar-refractivity contribution in [3.8, 4) is 5.75 Å². The molecule has 1 aliphatic heterocycles. The zero-order valence-electron chi connectivity index (χ0n) is 14.8. The van der Waals surface area contributed by atoms with Crippen LogP contribution in [0.5, 0.6) is 5.75 Å². The molecule has 0 radical (unpaired) electrons. The first kappa shape index (κ1) is 17.6. The molecule has 1 heterocycles. The Morgan fingerprint density at radius 2 is 1.92 bits per heavy atom. The summed E-state index contributed by atoms with van der Waals surface area (Å²) in [5.74, 6) is 0.319. The van der Waals surface area contributed by atoms with E-state index in [0.29, 0.717) is 35.9 Å². The van der Waals surface area contributed by atoms with Crippen LogP contribution in [0.25, 0.3) is 0 Å². The quantitative estimate of drug-likeness (QED) is 0.721. The summed E-state index contributed by atoms with van der Waals surface area (Å²) in [6, 6.07) is 14.5. The number of aliphatic imine (C=N–C) groups is 1. The van der Waals surface area contributed by atoms with Gasteiger partial charge in [0.2, 0.25) is 0 Å². The molecule has 2 aromatic carbocycles. The molecule has 134 valence electrons. The zero-order valence-corrected chi connectivity index (χ0v) is 14.8. The van der Waals surface area contributed by atoms with E-state index >= 15 is 0 Å². The number of nitrogens with one attached hydrogen (secondary N) is 1. The van der Waals surface area contributed by atoms with Crippen molar-refractivity contribution in [1.29, 1.82) is 5.41 Å². The van der Waals surface area contributed by atoms with E-state index in [2.05, 4.69) is 10.1 Å². The van der Waals surface area contributed by atoms with Gasteiger partial charge in [0.15, 0.2) is 5.84 Å². The first-order valence-electron chi connectivity index (χ1n) is 8.24. The molecule has 0 saturated carbocycles. The third-order valence-corrected chi connectivity index (χ3v) is 3.88. The van der Waals surface area contributed by atoms with E-state index in [1.165, 1.54) is 12.1 Å². The Kier molecular flexibility index (Phi) is 4.99. The van der Waals surface area contributed by atoms with Crippen molar-refractivity contribution in [2.24, 2.45) is 10.1 Å². The predicted octanol–water partition coefficient (Wildman–Crippen LogP) is 2.46. The second-order valence-electron chi connectivity index (χ2n) is 6.38. The molecule has 0 unspecified atom stereocenters. The van der Waals surface area contributed by atoms with Gasteiger partial charge in [0.05, 0.1) is 17.9 Å². The molecule has 0 aliphatic carbocycles. The number of anilines is 1. The smallest absolute Gasteiger partial charge is 0.170 e. The number of phenols is 1. The summed E-state index contributed by atoms with van der Waals surface area (Å²) in [5.41, 5.74) is 9.09. The molecule has 7 nitrogen and oxygen atoms in total. The van der Waals surface area contributed by atoms with Gasteiger partial charge >= 0.3 is 0 Å². The molecule has 1 aliphatic rings. The summed E-state index contributed by atoms with van der Waals surface area (Å²) in [4.78, 5) is 6.54. The molecule has 3 rings (SSSR count). The van der Waals surface area contributed by atoms with Crippen molar-refractivity contribution in [1.82, 2.24) is 9.91 Å². The van der Waals surface area contributed by atoms with Gasteiger partial charge in [0.25, 0.3) is 0 Å². The standard InChI is InChI=1S/C19H22N6O/c1-24(2)12-17-18(22-16-9-8-14(26)10-15(16)20)19(21)25(23-17)11-13-6-4-3-5-7-13/h3-10,21,26H,11-12,20H2,1-2H3. The highest BCUT2D eigenvalue weighted by molar-refractivity contribution is 6.70. The number of nitrogens with zero attached hydrogens (tertiary/aromatic N) is 4. The molecule has 0 bridgehead atoms. The molecule has 2 aromatic rings. The van der Waals surface area contributed by atoms with Gasteiger partial charge in [0.1, 0.15) is 17.2 Å². The van der Waals surface area contributed by atoms with E-state index < -0.39 is 0 Å². The number of benzene rings is 2. The fourth-order valence-electron chi connectivity index (χ4n) is 2.66. The van der Waals surface area contributed by atoms with Crippen molar-refractivity contribution in [2.45, 2.75) is 6.54 Å². The second kappa shape index (κ2) is 7.37. The van der Waals surface area contributed by atoms with Crippen LogP contribution in [0.3, 0.4) is 0 Å². The number of hydrogen-bond donors (Lipinski definition) is 3. The lowest BCUT2D eigenvalue weighted by molar-refractivity contribution is 0.437. The SMILES string of the molecule is CN(C)CC1=NN(Cc2ccccc2)C(=N)C1=Nc1ccc(O)cc1N. The van der Waals surface area contributed by atoms with Crippen LogP contribution in [0.15, 0.2) is 58.6 Å². The first-order chi connectivity index (χ1) is 12.4. The number of amidine groups is 1. The maximum Gasteiger partial charge on any atom is 0.170 e. The van der Waals surface area contributed by atoms with E-state index in [9.17, 15) is 5.11 Å². The van der Waals surface area contributed by atoms with Crippen LogP contribution in [0.1, 0.15) is 5.56 Å². The Labute approximate surface area is 152 Å². The fourth-order valence-corrected chi connectivity index (χ4v) is 2.66. The third-order valence-electron chi connectivity index (χ3n) is 3.88. The lowest BCUT2D eigenvalue weighted by Crippen LogP contribution is -2.30. The molecule has 0 fully saturated rings. The van der Waals surface area contributed by atoms with E-state index in [-0.39, 0.29) is 11.6 Å². The molecule has 0 atom stereocenters. The Morgan fingerprint density at radius 1 is 1.19 bits per heavy atom. The maximum absolute atomic E-state index is 9.52. The molecular weight excluding hydrogens is 328 g/mol. The normalized spacial score (nSPS) is 15.8. The molecule has 26 heavy (non-hydrogen) atoms. The van der Waals surface area contributed by atoms with Crippen molar-refractivity contribution >= 4 is 28.6 Å². The van der Waals surface area contributed by atoms with Gasteiger partial charge < -0.3 is 15.7 Å². The highest BCUT2D eigenvalue weighted by atomic mass is 16.3. The average Bonchev–Trinajstić information content (AvgIpc) is 2.86. The second-order valence-corrected chi connectivity index (χ2v) is 6.38. The molecule has 0 aromatic heterocycles. The monoisotopic (exact) mass is 350 g/mol. The summed E-state index contributed by atoms with van der Waals surface area (Å²) < 4.78 is 0. The number of nitrogens with two attached hydrogens (primary N) is 1. The van der Waals surface area contributed by atoms with Gasteiger partial charge in [-0.3, -0.25) is 5.41 Å². The topological polar surface area (TPSA) is 101 Å². The van der Waals surface area contributed by atoms with Crippen molar-refractivity contribution in [3.05, 3.63) is 54.1 Å². The number of aromatic hydroxyl groups is 1. The van der Waals surface area contributed by atoms with E-state index in [1.807, 2.05) is 49.3 Å². The fraction of sp³-hybridized carbons (Fsp3) is 0.211. The summed E-state index contributed by atoms with van der Waals surface area (Å²) in [6.45, 7) is 1.06. The van der Waals surface area contributed by atoms with Gasteiger partial charge in [-0.05, 0) is 31.8 Å². The number of rotatable bonds is 5. The largest absolute Gasteiger partial charge is 0.508 e. The number of nitrogen functional groups attached to an aromatic ring is 1. The van der Waals surface area contributed by atoms with Gasteiger partial charge in [-0.2, -0.15) is 5.10 Å². The van der Waals surface area contributed by atoms with Crippen LogP contribution in [-0.2, 0) is 6.54 Å². The minimum absolute atomic E-state index is 0.0841. The van der Waals surface area contributed by atoms with E-state index in [4.69, 9.17) is 11.1 Å². The number of hydrazone groups is 1. The van der Waals surface area contributed by atoms with Crippen LogP contribution < -0.4 is 5.73 Å². The van der Waals surface area contributed by atoms with Gasteiger partial charge in [-0.1, -0.05) is 30.3 Å². The third kappa shape index (κ3) is 3.89. The molecule has 4 N–H and O–H groups in total. The van der Waals surface area contributed by atoms with Crippen molar-refractivity contribution in [2.75, 3.05) is 26.4 Å². The zero-order chi connectivity index (χ0) is 18.7. The van der Waals surface area contributed by atoms with Crippen LogP contribution >= 0.6 is 0 Å². The predicted molar refractivity (Wildman–Crippen MR) is 105 cm³/mol. The van der Waals surface area contributed by atoms with Crippen molar-refractivity contribution < 1.29 is 5.11 Å². The first-order valence-corrected chi connectivity index (χ1v) is 8.24. The summed E-state index contributed by atoms with van der Waals surface area (Å²) in [6.07, 6.45) is 0. The van der Waals surface area contributed by atoms with Gasteiger partial charge in [0, 0.05) is 12.6 Å². The lowest BCUT2D eigenvalue weighted by Gasteiger charge is -2.13. The maximum atomic E-state index is 9.52. The van der Waals surface area contributed by atoms with E-state index in [1.54, 1.807) is 11.1 Å². The summed E-state index contributed by atoms with van der Waals surface area (Å²) in [7, 11) is 3.89. The van der Waals surface area contributed by atoms with Gasteiger partial charge in [-0.25, -0.2) is 10.0 Å². The van der Waals surface area contributed by atoms with Crippen LogP contribution in [-0.4, -0.2) is 52.9 Å². The number of phenolic OH excluding ortho intramolecular Hbond substituents is 1. The molecule has 0 saturated heterocycles. The Hall–Kier alpha value is -3.19. The Bertz CT molecular complexity index is 873. The van der Waals surface area contributed by atoms with Gasteiger partial charge in [-0.15, -0.1) is 0 Å². The Balaban J connectivity index is 1.93. The number of hydrogen-bond acceptors (Lipinski definition) is 6. The van der Waals surface area contributed by atoms with Crippen molar-refractivity contribution in [3.63, 3.8) is 0 Å². The highest BCUT2D eigenvalue weighted by Crippen LogP contribution is 2.27. The molecular formula is C19H22N6O. The minimum Gasteiger partial charge on any atom is -0.508 e. The summed E-state index contributed by atoms with van der Waals surface area (Å²) >= 11 is 0. The molecule has 0 amide bonds. The Morgan fingerprint density at radius 3 is 2.58 bits per heavy atom. The van der Waals surface area contributed by atoms with Crippen LogP contribution in [0, 0.1) is 5.41 Å². The summed E-state index contributed by atoms with van der Waals surface area (Å²) in [5, 5.41) is 24.3. The van der Waals surface area contributed by atoms with Crippen LogP contribution in [0.2, 0.25) is 0 Å². The average molecular weight is 350 g/mol. The van der Waals surface area contributed by atoms with E-state index in [0.717, 1.165) is 5.56 Å².